The first-order valence-corrected chi connectivity index (χ1v) is 5.92. The van der Waals surface area contributed by atoms with Crippen molar-refractivity contribution in [1.29, 1.82) is 0 Å². The van der Waals surface area contributed by atoms with Crippen molar-refractivity contribution in [2.75, 3.05) is 6.54 Å². The SMILES string of the molecule is CCNCc1ccc(Cn2ccc(C)n2)nc1. The largest absolute Gasteiger partial charge is 0.313 e. The van der Waals surface area contributed by atoms with Crippen LogP contribution in [0.4, 0.5) is 0 Å². The zero-order chi connectivity index (χ0) is 12.1. The highest BCUT2D eigenvalue weighted by molar-refractivity contribution is 5.14. The van der Waals surface area contributed by atoms with Crippen LogP contribution in [0, 0.1) is 6.92 Å². The topological polar surface area (TPSA) is 42.7 Å². The fraction of sp³-hybridized carbons (Fsp3) is 0.385. The molecule has 0 unspecified atom stereocenters. The Morgan fingerprint density at radius 2 is 2.18 bits per heavy atom. The van der Waals surface area contributed by atoms with E-state index >= 15 is 0 Å². The summed E-state index contributed by atoms with van der Waals surface area (Å²) < 4.78 is 1.90. The van der Waals surface area contributed by atoms with E-state index in [1.807, 2.05) is 30.1 Å². The number of nitrogens with zero attached hydrogens (tertiary/aromatic N) is 3. The predicted octanol–water partition coefficient (Wildman–Crippen LogP) is 1.74. The molecule has 0 aromatic carbocycles. The average Bonchev–Trinajstić information content (AvgIpc) is 2.74. The third kappa shape index (κ3) is 3.39. The minimum atomic E-state index is 0.731. The number of pyridine rings is 1. The number of rotatable bonds is 5. The van der Waals surface area contributed by atoms with Gasteiger partial charge >= 0.3 is 0 Å². The van der Waals surface area contributed by atoms with Crippen molar-refractivity contribution in [3.8, 4) is 0 Å². The normalized spacial score (nSPS) is 10.7. The summed E-state index contributed by atoms with van der Waals surface area (Å²) in [6.45, 7) is 6.68. The van der Waals surface area contributed by atoms with Crippen LogP contribution in [-0.2, 0) is 13.1 Å². The van der Waals surface area contributed by atoms with Gasteiger partial charge < -0.3 is 5.32 Å². The molecule has 0 aliphatic carbocycles. The second-order valence-electron chi connectivity index (χ2n) is 4.09. The van der Waals surface area contributed by atoms with Crippen molar-refractivity contribution < 1.29 is 0 Å². The molecular weight excluding hydrogens is 212 g/mol. The first-order valence-electron chi connectivity index (χ1n) is 5.92. The molecule has 2 heterocycles. The van der Waals surface area contributed by atoms with E-state index in [0.29, 0.717) is 0 Å². The third-order valence-corrected chi connectivity index (χ3v) is 2.56. The first-order chi connectivity index (χ1) is 8.28. The summed E-state index contributed by atoms with van der Waals surface area (Å²) in [6, 6.07) is 6.17. The molecule has 2 aromatic rings. The zero-order valence-corrected chi connectivity index (χ0v) is 10.3. The first kappa shape index (κ1) is 11.8. The molecule has 0 atom stereocenters. The quantitative estimate of drug-likeness (QED) is 0.851. The Labute approximate surface area is 102 Å². The van der Waals surface area contributed by atoms with Crippen molar-refractivity contribution in [2.24, 2.45) is 0 Å². The van der Waals surface area contributed by atoms with Gasteiger partial charge in [-0.1, -0.05) is 13.0 Å². The van der Waals surface area contributed by atoms with E-state index in [2.05, 4.69) is 34.5 Å². The molecule has 2 rings (SSSR count). The second-order valence-corrected chi connectivity index (χ2v) is 4.09. The summed E-state index contributed by atoms with van der Waals surface area (Å²) in [6.07, 6.45) is 3.90. The van der Waals surface area contributed by atoms with Crippen LogP contribution in [0.5, 0.6) is 0 Å². The molecule has 0 radical (unpaired) electrons. The van der Waals surface area contributed by atoms with Crippen molar-refractivity contribution >= 4 is 0 Å². The fourth-order valence-electron chi connectivity index (χ4n) is 1.64. The molecule has 0 amide bonds. The maximum atomic E-state index is 4.44. The number of aryl methyl sites for hydroxylation is 1. The van der Waals surface area contributed by atoms with Gasteiger partial charge in [-0.3, -0.25) is 9.67 Å². The van der Waals surface area contributed by atoms with Gasteiger partial charge in [-0.25, -0.2) is 0 Å². The van der Waals surface area contributed by atoms with Crippen LogP contribution in [0.15, 0.2) is 30.6 Å². The summed E-state index contributed by atoms with van der Waals surface area (Å²) in [7, 11) is 0. The molecule has 90 valence electrons. The second kappa shape index (κ2) is 5.59. The highest BCUT2D eigenvalue weighted by Gasteiger charge is 1.99. The highest BCUT2D eigenvalue weighted by Crippen LogP contribution is 2.03. The van der Waals surface area contributed by atoms with Crippen LogP contribution in [-0.4, -0.2) is 21.3 Å². The molecule has 0 saturated heterocycles. The number of hydrogen-bond donors (Lipinski definition) is 1. The lowest BCUT2D eigenvalue weighted by Crippen LogP contribution is -2.12. The van der Waals surface area contributed by atoms with E-state index in [1.54, 1.807) is 0 Å². The van der Waals surface area contributed by atoms with Crippen LogP contribution in [0.2, 0.25) is 0 Å². The van der Waals surface area contributed by atoms with Gasteiger partial charge in [-0.15, -0.1) is 0 Å². The Morgan fingerprint density at radius 3 is 2.76 bits per heavy atom. The molecular formula is C13H18N4. The number of hydrogen-bond acceptors (Lipinski definition) is 3. The van der Waals surface area contributed by atoms with E-state index in [-0.39, 0.29) is 0 Å². The van der Waals surface area contributed by atoms with Crippen molar-refractivity contribution in [3.63, 3.8) is 0 Å². The van der Waals surface area contributed by atoms with E-state index in [1.165, 1.54) is 5.56 Å². The standard InChI is InChI=1S/C13H18N4/c1-3-14-8-12-4-5-13(15-9-12)10-17-7-6-11(2)16-17/h4-7,9,14H,3,8,10H2,1-2H3. The summed E-state index contributed by atoms with van der Waals surface area (Å²) in [4.78, 5) is 4.44. The number of nitrogens with one attached hydrogen (secondary N) is 1. The van der Waals surface area contributed by atoms with Gasteiger partial charge in [-0.2, -0.15) is 5.10 Å². The monoisotopic (exact) mass is 230 g/mol. The Morgan fingerprint density at radius 1 is 1.29 bits per heavy atom. The molecule has 17 heavy (non-hydrogen) atoms. The van der Waals surface area contributed by atoms with Crippen LogP contribution >= 0.6 is 0 Å². The fourth-order valence-corrected chi connectivity index (χ4v) is 1.64. The lowest BCUT2D eigenvalue weighted by atomic mass is 10.2. The third-order valence-electron chi connectivity index (χ3n) is 2.56. The molecule has 0 aliphatic heterocycles. The molecule has 0 bridgehead atoms. The smallest absolute Gasteiger partial charge is 0.0831 e. The average molecular weight is 230 g/mol. The molecule has 4 heteroatoms. The predicted molar refractivity (Wildman–Crippen MR) is 67.7 cm³/mol. The zero-order valence-electron chi connectivity index (χ0n) is 10.3. The number of aromatic nitrogens is 3. The summed E-state index contributed by atoms with van der Waals surface area (Å²) in [5.74, 6) is 0. The van der Waals surface area contributed by atoms with Gasteiger partial charge in [0.25, 0.3) is 0 Å². The van der Waals surface area contributed by atoms with Crippen molar-refractivity contribution in [1.82, 2.24) is 20.1 Å². The van der Waals surface area contributed by atoms with Crippen LogP contribution < -0.4 is 5.32 Å². The van der Waals surface area contributed by atoms with Crippen molar-refractivity contribution in [2.45, 2.75) is 26.9 Å². The maximum Gasteiger partial charge on any atom is 0.0831 e. The summed E-state index contributed by atoms with van der Waals surface area (Å²) in [5, 5.41) is 7.62. The Balaban J connectivity index is 1.98. The van der Waals surface area contributed by atoms with Crippen LogP contribution in [0.1, 0.15) is 23.9 Å². The minimum absolute atomic E-state index is 0.731. The van der Waals surface area contributed by atoms with Gasteiger partial charge in [0.2, 0.25) is 0 Å². The summed E-state index contributed by atoms with van der Waals surface area (Å²) >= 11 is 0. The Kier molecular flexibility index (Phi) is 3.88. The minimum Gasteiger partial charge on any atom is -0.313 e. The highest BCUT2D eigenvalue weighted by atomic mass is 15.3. The molecule has 0 spiro atoms. The van der Waals surface area contributed by atoms with Gasteiger partial charge in [0, 0.05) is 18.9 Å². The van der Waals surface area contributed by atoms with Gasteiger partial charge in [0.15, 0.2) is 0 Å². The lowest BCUT2D eigenvalue weighted by Gasteiger charge is -2.04. The molecule has 2 aromatic heterocycles. The maximum absolute atomic E-state index is 4.44. The van der Waals surface area contributed by atoms with Gasteiger partial charge in [-0.05, 0) is 31.2 Å². The molecule has 0 saturated carbocycles. The molecule has 0 aliphatic rings. The molecule has 1 N–H and O–H groups in total. The van der Waals surface area contributed by atoms with E-state index in [0.717, 1.165) is 31.0 Å². The van der Waals surface area contributed by atoms with E-state index in [4.69, 9.17) is 0 Å². The Bertz CT molecular complexity index is 459. The Hall–Kier alpha value is -1.68. The summed E-state index contributed by atoms with van der Waals surface area (Å²) in [5.41, 5.74) is 3.29. The van der Waals surface area contributed by atoms with Crippen LogP contribution in [0.25, 0.3) is 0 Å². The lowest BCUT2D eigenvalue weighted by molar-refractivity contribution is 0.663. The van der Waals surface area contributed by atoms with E-state index in [9.17, 15) is 0 Å². The molecule has 4 nitrogen and oxygen atoms in total. The van der Waals surface area contributed by atoms with E-state index < -0.39 is 0 Å². The van der Waals surface area contributed by atoms with Crippen LogP contribution in [0.3, 0.4) is 0 Å². The van der Waals surface area contributed by atoms with Gasteiger partial charge in [0.05, 0.1) is 17.9 Å². The van der Waals surface area contributed by atoms with Crippen molar-refractivity contribution in [3.05, 3.63) is 47.5 Å². The molecule has 0 fully saturated rings. The van der Waals surface area contributed by atoms with Gasteiger partial charge in [0.1, 0.15) is 0 Å².